The molecule has 6 atom stereocenters. The zero-order chi connectivity index (χ0) is 13.9. The van der Waals surface area contributed by atoms with E-state index in [1.165, 1.54) is 11.1 Å². The number of carbonyl (C=O) groups is 2. The standard InChI is InChI=1S/C17H16O3/c1-8(2)13-11-5-6-12(13)17-10-4-3-9(7-10)16(11,17)14(18)20-15(17)19/h3-6,9-12H,7H2,1-2H3/t9-,10+,11+,12-,16-,17+. The van der Waals surface area contributed by atoms with Gasteiger partial charge in [-0.05, 0) is 32.1 Å². The molecule has 0 radical (unpaired) electrons. The first-order valence-electron chi connectivity index (χ1n) is 7.37. The molecule has 102 valence electrons. The fraction of sp³-hybridized carbons (Fsp3) is 0.529. The summed E-state index contributed by atoms with van der Waals surface area (Å²) in [6.07, 6.45) is 9.55. The van der Waals surface area contributed by atoms with Crippen molar-refractivity contribution in [3.8, 4) is 0 Å². The Morgan fingerprint density at radius 1 is 1.00 bits per heavy atom. The molecule has 1 heterocycles. The molecule has 0 aromatic carbocycles. The van der Waals surface area contributed by atoms with Crippen LogP contribution >= 0.6 is 0 Å². The van der Waals surface area contributed by atoms with Crippen molar-refractivity contribution < 1.29 is 14.3 Å². The Bertz CT molecular complexity index is 630. The SMILES string of the molecule is CC(C)=C1[C@H]2C=C[C@@H]1[C@]13C(=O)OC(=O)[C@]21[C@H]1C=C[C@@H]3C1. The molecule has 0 spiro atoms. The second-order valence-electron chi connectivity index (χ2n) is 7.04. The summed E-state index contributed by atoms with van der Waals surface area (Å²) in [7, 11) is 0. The number of fused-ring (bicyclic) bond motifs is 4. The first-order valence-corrected chi connectivity index (χ1v) is 7.37. The average molecular weight is 268 g/mol. The topological polar surface area (TPSA) is 43.4 Å². The number of hydrogen-bond acceptors (Lipinski definition) is 3. The lowest BCUT2D eigenvalue weighted by molar-refractivity contribution is -0.158. The van der Waals surface area contributed by atoms with Crippen LogP contribution in [0, 0.1) is 34.5 Å². The van der Waals surface area contributed by atoms with Crippen LogP contribution in [0.15, 0.2) is 35.5 Å². The lowest BCUT2D eigenvalue weighted by Crippen LogP contribution is -2.50. The summed E-state index contributed by atoms with van der Waals surface area (Å²) in [5.41, 5.74) is 1.29. The summed E-state index contributed by atoms with van der Waals surface area (Å²) >= 11 is 0. The molecule has 0 N–H and O–H groups in total. The maximum Gasteiger partial charge on any atom is 0.322 e. The van der Waals surface area contributed by atoms with Gasteiger partial charge in [-0.2, -0.15) is 0 Å². The van der Waals surface area contributed by atoms with E-state index in [0.717, 1.165) is 6.42 Å². The number of esters is 2. The second-order valence-corrected chi connectivity index (χ2v) is 7.04. The monoisotopic (exact) mass is 268 g/mol. The predicted octanol–water partition coefficient (Wildman–Crippen LogP) is 2.40. The van der Waals surface area contributed by atoms with Crippen LogP contribution in [0.4, 0.5) is 0 Å². The fourth-order valence-corrected chi connectivity index (χ4v) is 6.15. The molecule has 4 aliphatic carbocycles. The number of carbonyl (C=O) groups excluding carboxylic acids is 2. The van der Waals surface area contributed by atoms with Gasteiger partial charge in [0.2, 0.25) is 0 Å². The van der Waals surface area contributed by atoms with E-state index < -0.39 is 10.8 Å². The van der Waals surface area contributed by atoms with Crippen molar-refractivity contribution in [3.05, 3.63) is 35.5 Å². The largest absolute Gasteiger partial charge is 0.392 e. The first kappa shape index (κ1) is 11.1. The predicted molar refractivity (Wildman–Crippen MR) is 71.2 cm³/mol. The molecular formula is C17H16O3. The van der Waals surface area contributed by atoms with Gasteiger partial charge in [0.25, 0.3) is 0 Å². The molecule has 1 aliphatic heterocycles. The van der Waals surface area contributed by atoms with Crippen LogP contribution < -0.4 is 0 Å². The molecule has 1 saturated heterocycles. The number of rotatable bonds is 0. The summed E-state index contributed by atoms with van der Waals surface area (Å²) in [6.45, 7) is 4.19. The lowest BCUT2D eigenvalue weighted by atomic mass is 9.54. The third kappa shape index (κ3) is 0.717. The summed E-state index contributed by atoms with van der Waals surface area (Å²) in [5.74, 6) is -0.0702. The Morgan fingerprint density at radius 2 is 1.50 bits per heavy atom. The van der Waals surface area contributed by atoms with Crippen LogP contribution in [-0.4, -0.2) is 11.9 Å². The molecular weight excluding hydrogens is 252 g/mol. The van der Waals surface area contributed by atoms with Crippen LogP contribution in [0.1, 0.15) is 20.3 Å². The van der Waals surface area contributed by atoms with Gasteiger partial charge in [-0.1, -0.05) is 35.5 Å². The van der Waals surface area contributed by atoms with Crippen LogP contribution in [0.5, 0.6) is 0 Å². The second kappa shape index (κ2) is 2.85. The van der Waals surface area contributed by atoms with Crippen LogP contribution in [-0.2, 0) is 14.3 Å². The van der Waals surface area contributed by atoms with Crippen molar-refractivity contribution >= 4 is 11.9 Å². The van der Waals surface area contributed by atoms with E-state index in [0.29, 0.717) is 0 Å². The van der Waals surface area contributed by atoms with E-state index in [2.05, 4.69) is 38.2 Å². The Kier molecular flexibility index (Phi) is 1.58. The zero-order valence-electron chi connectivity index (χ0n) is 11.6. The highest BCUT2D eigenvalue weighted by Crippen LogP contribution is 2.81. The number of ether oxygens (including phenoxy) is 1. The molecule has 4 bridgehead atoms. The van der Waals surface area contributed by atoms with Crippen molar-refractivity contribution in [2.24, 2.45) is 34.5 Å². The summed E-state index contributed by atoms with van der Waals surface area (Å²) in [4.78, 5) is 25.4. The highest BCUT2D eigenvalue weighted by Gasteiger charge is 2.87. The Labute approximate surface area is 117 Å². The molecule has 3 nitrogen and oxygen atoms in total. The van der Waals surface area contributed by atoms with Gasteiger partial charge in [0.1, 0.15) is 10.8 Å². The molecule has 2 saturated carbocycles. The van der Waals surface area contributed by atoms with Gasteiger partial charge in [-0.25, -0.2) is 0 Å². The summed E-state index contributed by atoms with van der Waals surface area (Å²) in [6, 6.07) is 0. The Morgan fingerprint density at radius 3 is 1.95 bits per heavy atom. The number of allylic oxidation sites excluding steroid dienone is 6. The maximum atomic E-state index is 12.7. The average Bonchev–Trinajstić information content (AvgIpc) is 3.14. The molecule has 0 aromatic rings. The van der Waals surface area contributed by atoms with Crippen LogP contribution in [0.25, 0.3) is 0 Å². The number of hydrogen-bond donors (Lipinski definition) is 0. The van der Waals surface area contributed by atoms with Crippen molar-refractivity contribution in [2.45, 2.75) is 20.3 Å². The highest BCUT2D eigenvalue weighted by molar-refractivity contribution is 6.06. The third-order valence-corrected chi connectivity index (χ3v) is 6.52. The lowest BCUT2D eigenvalue weighted by Gasteiger charge is -2.41. The normalized spacial score (nSPS) is 52.8. The van der Waals surface area contributed by atoms with Crippen molar-refractivity contribution in [1.29, 1.82) is 0 Å². The molecule has 0 amide bonds. The molecule has 5 aliphatic rings. The van der Waals surface area contributed by atoms with Crippen LogP contribution in [0.2, 0.25) is 0 Å². The minimum absolute atomic E-state index is 0.0661. The van der Waals surface area contributed by atoms with Gasteiger partial charge in [0.15, 0.2) is 0 Å². The first-order chi connectivity index (χ1) is 9.56. The van der Waals surface area contributed by atoms with Crippen molar-refractivity contribution in [2.75, 3.05) is 0 Å². The van der Waals surface area contributed by atoms with Gasteiger partial charge in [-0.3, -0.25) is 9.59 Å². The van der Waals surface area contributed by atoms with E-state index in [1.54, 1.807) is 0 Å². The van der Waals surface area contributed by atoms with E-state index in [-0.39, 0.29) is 35.6 Å². The van der Waals surface area contributed by atoms with Gasteiger partial charge in [-0.15, -0.1) is 0 Å². The maximum absolute atomic E-state index is 12.7. The van der Waals surface area contributed by atoms with Crippen LogP contribution in [0.3, 0.4) is 0 Å². The minimum atomic E-state index is -0.629. The van der Waals surface area contributed by atoms with E-state index >= 15 is 0 Å². The summed E-state index contributed by atoms with van der Waals surface area (Å²) in [5, 5.41) is 0. The third-order valence-electron chi connectivity index (χ3n) is 6.52. The van der Waals surface area contributed by atoms with Gasteiger partial charge >= 0.3 is 11.9 Å². The van der Waals surface area contributed by atoms with Crippen molar-refractivity contribution in [1.82, 2.24) is 0 Å². The Balaban J connectivity index is 1.92. The van der Waals surface area contributed by atoms with E-state index in [9.17, 15) is 9.59 Å². The molecule has 20 heavy (non-hydrogen) atoms. The summed E-state index contributed by atoms with van der Waals surface area (Å²) < 4.78 is 5.19. The van der Waals surface area contributed by atoms with Crippen molar-refractivity contribution in [3.63, 3.8) is 0 Å². The highest BCUT2D eigenvalue weighted by atomic mass is 16.6. The van der Waals surface area contributed by atoms with Gasteiger partial charge < -0.3 is 4.74 Å². The van der Waals surface area contributed by atoms with Gasteiger partial charge in [0, 0.05) is 11.8 Å². The minimum Gasteiger partial charge on any atom is -0.392 e. The molecule has 0 aromatic heterocycles. The molecule has 3 fully saturated rings. The molecule has 0 unspecified atom stereocenters. The quantitative estimate of drug-likeness (QED) is 0.385. The van der Waals surface area contributed by atoms with E-state index in [1.807, 2.05) is 0 Å². The zero-order valence-corrected chi connectivity index (χ0v) is 11.6. The smallest absolute Gasteiger partial charge is 0.322 e. The molecule has 3 heteroatoms. The fourth-order valence-electron chi connectivity index (χ4n) is 6.15. The Hall–Kier alpha value is -1.64. The number of cyclic esters (lactones) is 2. The molecule has 5 rings (SSSR count). The van der Waals surface area contributed by atoms with Gasteiger partial charge in [0.05, 0.1) is 0 Å². The van der Waals surface area contributed by atoms with E-state index in [4.69, 9.17) is 4.74 Å².